The van der Waals surface area contributed by atoms with Crippen molar-refractivity contribution in [3.8, 4) is 0 Å². The smallest absolute Gasteiger partial charge is 0.194 e. The maximum absolute atomic E-state index is 12.7. The first-order chi connectivity index (χ1) is 10.8. The van der Waals surface area contributed by atoms with E-state index in [0.29, 0.717) is 11.1 Å². The van der Waals surface area contributed by atoms with Crippen molar-refractivity contribution in [3.05, 3.63) is 90.1 Å². The van der Waals surface area contributed by atoms with Gasteiger partial charge in [-0.3, -0.25) is 9.78 Å². The summed E-state index contributed by atoms with van der Waals surface area (Å²) in [5.41, 5.74) is 2.21. The Morgan fingerprint density at radius 2 is 1.36 bits per heavy atom. The summed E-state index contributed by atoms with van der Waals surface area (Å²) < 4.78 is 0. The van der Waals surface area contributed by atoms with Gasteiger partial charge in [0.15, 0.2) is 5.78 Å². The van der Waals surface area contributed by atoms with Crippen LogP contribution in [-0.2, 0) is 0 Å². The van der Waals surface area contributed by atoms with E-state index in [4.69, 9.17) is 0 Å². The number of nitrogens with zero attached hydrogens (tertiary/aromatic N) is 1. The zero-order valence-corrected chi connectivity index (χ0v) is 11.9. The fourth-order valence-electron chi connectivity index (χ4n) is 2.69. The Hall–Kier alpha value is -3.00. The number of benzene rings is 3. The fraction of sp³-hybridized carbons (Fsp3) is 0. The highest BCUT2D eigenvalue weighted by atomic mass is 16.1. The lowest BCUT2D eigenvalue weighted by molar-refractivity contribution is 0.103. The summed E-state index contributed by atoms with van der Waals surface area (Å²) in [5.74, 6) is 0.00371. The molecule has 0 aliphatic rings. The van der Waals surface area contributed by atoms with Crippen molar-refractivity contribution in [2.75, 3.05) is 0 Å². The van der Waals surface area contributed by atoms with E-state index in [1.165, 1.54) is 0 Å². The molecule has 0 fully saturated rings. The summed E-state index contributed by atoms with van der Waals surface area (Å²) >= 11 is 0. The van der Waals surface area contributed by atoms with Crippen molar-refractivity contribution in [1.29, 1.82) is 0 Å². The third-order valence-electron chi connectivity index (χ3n) is 3.86. The van der Waals surface area contributed by atoms with Gasteiger partial charge in [0.25, 0.3) is 0 Å². The van der Waals surface area contributed by atoms with Gasteiger partial charge in [0.05, 0.1) is 5.52 Å². The van der Waals surface area contributed by atoms with Crippen molar-refractivity contribution in [2.24, 2.45) is 0 Å². The number of para-hydroxylation sites is 1. The number of carbonyl (C=O) groups excluding carboxylic acids is 1. The number of ketones is 1. The molecule has 0 N–H and O–H groups in total. The molecule has 3 aromatic carbocycles. The number of carbonyl (C=O) groups is 1. The van der Waals surface area contributed by atoms with Crippen LogP contribution in [0.2, 0.25) is 0 Å². The highest BCUT2D eigenvalue weighted by Gasteiger charge is 2.10. The van der Waals surface area contributed by atoms with Crippen LogP contribution in [0.25, 0.3) is 21.7 Å². The maximum atomic E-state index is 12.7. The van der Waals surface area contributed by atoms with E-state index in [-0.39, 0.29) is 5.78 Å². The Kier molecular flexibility index (Phi) is 2.94. The van der Waals surface area contributed by atoms with Gasteiger partial charge in [0.2, 0.25) is 0 Å². The first-order valence-electron chi connectivity index (χ1n) is 7.19. The van der Waals surface area contributed by atoms with Crippen LogP contribution in [0.5, 0.6) is 0 Å². The van der Waals surface area contributed by atoms with Crippen LogP contribution in [0.15, 0.2) is 79.0 Å². The summed E-state index contributed by atoms with van der Waals surface area (Å²) in [5, 5.41) is 3.19. The van der Waals surface area contributed by atoms with Crippen molar-refractivity contribution < 1.29 is 4.79 Å². The van der Waals surface area contributed by atoms with Gasteiger partial charge in [-0.25, -0.2) is 0 Å². The monoisotopic (exact) mass is 283 g/mol. The molecule has 4 aromatic rings. The molecular formula is C20H13NO. The van der Waals surface area contributed by atoms with Crippen molar-refractivity contribution in [3.63, 3.8) is 0 Å². The molecule has 0 unspecified atom stereocenters. The summed E-state index contributed by atoms with van der Waals surface area (Å²) in [6, 6.07) is 23.5. The van der Waals surface area contributed by atoms with Gasteiger partial charge in [-0.2, -0.15) is 0 Å². The summed E-state index contributed by atoms with van der Waals surface area (Å²) in [7, 11) is 0. The van der Waals surface area contributed by atoms with E-state index in [0.717, 1.165) is 21.7 Å². The van der Waals surface area contributed by atoms with E-state index >= 15 is 0 Å². The number of hydrogen-bond acceptors (Lipinski definition) is 2. The van der Waals surface area contributed by atoms with Gasteiger partial charge in [-0.15, -0.1) is 0 Å². The molecule has 0 aliphatic heterocycles. The van der Waals surface area contributed by atoms with Crippen LogP contribution in [-0.4, -0.2) is 10.8 Å². The molecule has 0 bridgehead atoms. The maximum Gasteiger partial charge on any atom is 0.194 e. The average molecular weight is 283 g/mol. The molecular weight excluding hydrogens is 270 g/mol. The zero-order valence-electron chi connectivity index (χ0n) is 11.9. The third kappa shape index (κ3) is 2.15. The van der Waals surface area contributed by atoms with Crippen LogP contribution in [0.4, 0.5) is 0 Å². The minimum Gasteiger partial charge on any atom is -0.289 e. The Labute approximate surface area is 128 Å². The second kappa shape index (κ2) is 5.08. The molecule has 0 aliphatic carbocycles. The summed E-state index contributed by atoms with van der Waals surface area (Å²) in [6.07, 6.45) is 1.65. The van der Waals surface area contributed by atoms with Crippen molar-refractivity contribution in [1.82, 2.24) is 4.98 Å². The number of rotatable bonds is 2. The second-order valence-corrected chi connectivity index (χ2v) is 5.31. The predicted octanol–water partition coefficient (Wildman–Crippen LogP) is 4.62. The molecule has 2 heteroatoms. The van der Waals surface area contributed by atoms with Gasteiger partial charge >= 0.3 is 0 Å². The number of fused-ring (bicyclic) bond motifs is 2. The topological polar surface area (TPSA) is 30.0 Å². The molecule has 0 amide bonds. The minimum absolute atomic E-state index is 0.00371. The van der Waals surface area contributed by atoms with E-state index in [9.17, 15) is 4.79 Å². The van der Waals surface area contributed by atoms with Crippen LogP contribution >= 0.6 is 0 Å². The fourth-order valence-corrected chi connectivity index (χ4v) is 2.69. The number of aromatic nitrogens is 1. The normalized spacial score (nSPS) is 10.9. The van der Waals surface area contributed by atoms with Gasteiger partial charge in [-0.1, -0.05) is 54.6 Å². The average Bonchev–Trinajstić information content (AvgIpc) is 2.60. The molecule has 0 saturated carbocycles. The van der Waals surface area contributed by atoms with Gasteiger partial charge in [0.1, 0.15) is 0 Å². The lowest BCUT2D eigenvalue weighted by Gasteiger charge is -2.04. The number of pyridine rings is 1. The van der Waals surface area contributed by atoms with Gasteiger partial charge < -0.3 is 0 Å². The Balaban J connectivity index is 1.80. The molecule has 104 valence electrons. The van der Waals surface area contributed by atoms with Crippen LogP contribution in [0.3, 0.4) is 0 Å². The quantitative estimate of drug-likeness (QED) is 0.502. The highest BCUT2D eigenvalue weighted by Crippen LogP contribution is 2.20. The first kappa shape index (κ1) is 12.7. The van der Waals surface area contributed by atoms with E-state index in [1.807, 2.05) is 72.8 Å². The van der Waals surface area contributed by atoms with Crippen molar-refractivity contribution in [2.45, 2.75) is 0 Å². The summed E-state index contributed by atoms with van der Waals surface area (Å²) in [6.45, 7) is 0. The Bertz CT molecular complexity index is 923. The SMILES string of the molecule is O=C(c1ccc2ccccc2c1)c1cnc2ccccc2c1. The predicted molar refractivity (Wildman–Crippen MR) is 89.1 cm³/mol. The molecule has 0 radical (unpaired) electrons. The second-order valence-electron chi connectivity index (χ2n) is 5.31. The minimum atomic E-state index is 0.00371. The highest BCUT2D eigenvalue weighted by molar-refractivity contribution is 6.11. The van der Waals surface area contributed by atoms with E-state index < -0.39 is 0 Å². The summed E-state index contributed by atoms with van der Waals surface area (Å²) in [4.78, 5) is 17.1. The largest absolute Gasteiger partial charge is 0.289 e. The third-order valence-corrected chi connectivity index (χ3v) is 3.86. The van der Waals surface area contributed by atoms with E-state index in [1.54, 1.807) is 6.20 Å². The molecule has 2 nitrogen and oxygen atoms in total. The lowest BCUT2D eigenvalue weighted by Crippen LogP contribution is -2.02. The Morgan fingerprint density at radius 1 is 0.682 bits per heavy atom. The molecule has 0 atom stereocenters. The lowest BCUT2D eigenvalue weighted by atomic mass is 10.00. The number of hydrogen-bond donors (Lipinski definition) is 0. The Morgan fingerprint density at radius 3 is 2.23 bits per heavy atom. The standard InChI is InChI=1S/C20H13NO/c22-20(17-10-9-14-5-1-2-6-15(14)11-17)18-12-16-7-3-4-8-19(16)21-13-18/h1-13H. The van der Waals surface area contributed by atoms with Crippen molar-refractivity contribution >= 4 is 27.5 Å². The molecule has 4 rings (SSSR count). The van der Waals surface area contributed by atoms with Crippen LogP contribution < -0.4 is 0 Å². The van der Waals surface area contributed by atoms with Crippen LogP contribution in [0, 0.1) is 0 Å². The zero-order chi connectivity index (χ0) is 14.9. The molecule has 22 heavy (non-hydrogen) atoms. The van der Waals surface area contributed by atoms with Crippen LogP contribution in [0.1, 0.15) is 15.9 Å². The first-order valence-corrected chi connectivity index (χ1v) is 7.19. The molecule has 1 aromatic heterocycles. The molecule has 0 saturated heterocycles. The molecule has 0 spiro atoms. The van der Waals surface area contributed by atoms with Gasteiger partial charge in [-0.05, 0) is 29.0 Å². The molecule has 1 heterocycles. The van der Waals surface area contributed by atoms with Gasteiger partial charge in [0, 0.05) is 22.7 Å². The van der Waals surface area contributed by atoms with E-state index in [2.05, 4.69) is 4.98 Å².